The summed E-state index contributed by atoms with van der Waals surface area (Å²) in [5.74, 6) is 0.679. The molecule has 391 valence electrons. The number of benzene rings is 14. The largest absolute Gasteiger partial charge is 0.569 e. The van der Waals surface area contributed by atoms with Gasteiger partial charge in [0.25, 0.3) is 0 Å². The van der Waals surface area contributed by atoms with Crippen molar-refractivity contribution >= 4 is 88.2 Å². The number of fused-ring (bicyclic) bond motifs is 14. The van der Waals surface area contributed by atoms with Crippen molar-refractivity contribution in [2.24, 2.45) is 0 Å². The maximum atomic E-state index is 9.18. The highest BCUT2D eigenvalue weighted by molar-refractivity contribution is 9.10. The van der Waals surface area contributed by atoms with Gasteiger partial charge in [0.1, 0.15) is 5.75 Å². The van der Waals surface area contributed by atoms with E-state index in [0.29, 0.717) is 5.75 Å². The van der Waals surface area contributed by atoms with Gasteiger partial charge in [0.05, 0.1) is 0 Å². The van der Waals surface area contributed by atoms with Crippen LogP contribution in [0.5, 0.6) is 5.75 Å². The summed E-state index contributed by atoms with van der Waals surface area (Å²) >= 11 is 3.60. The lowest BCUT2D eigenvalue weighted by Gasteiger charge is -2.23. The highest BCUT2D eigenvalue weighted by Gasteiger charge is 2.38. The van der Waals surface area contributed by atoms with Crippen LogP contribution < -0.4 is 4.65 Å². The van der Waals surface area contributed by atoms with Crippen molar-refractivity contribution in [3.05, 3.63) is 294 Å². The van der Waals surface area contributed by atoms with Crippen LogP contribution in [0.15, 0.2) is 271 Å². The van der Waals surface area contributed by atoms with Gasteiger partial charge in [-0.1, -0.05) is 292 Å². The van der Waals surface area contributed by atoms with Gasteiger partial charge in [-0.2, -0.15) is 0 Å². The van der Waals surface area contributed by atoms with Gasteiger partial charge in [0.2, 0.25) is 0 Å². The van der Waals surface area contributed by atoms with Gasteiger partial charge in [0, 0.05) is 26.1 Å². The van der Waals surface area contributed by atoms with Gasteiger partial charge >= 0.3 is 7.69 Å². The van der Waals surface area contributed by atoms with E-state index in [1.54, 1.807) is 0 Å². The van der Waals surface area contributed by atoms with Crippen molar-refractivity contribution in [1.82, 2.24) is 0 Å². The molecular formula is C78H57BBrO2. The van der Waals surface area contributed by atoms with E-state index >= 15 is 0 Å². The molecule has 0 spiro atoms. The number of hydrogen-bond acceptors (Lipinski definition) is 2. The molecule has 1 N–H and O–H groups in total. The van der Waals surface area contributed by atoms with Crippen LogP contribution in [-0.2, 0) is 10.8 Å². The molecular weight excluding hydrogens is 1060 g/mol. The number of hydrogen-bond donors (Lipinski definition) is 1. The first-order valence-electron chi connectivity index (χ1n) is 28.2. The van der Waals surface area contributed by atoms with E-state index in [-0.39, 0.29) is 10.8 Å². The molecule has 0 unspecified atom stereocenters. The third kappa shape index (κ3) is 8.34. The average Bonchev–Trinajstić information content (AvgIpc) is 2.29. The first kappa shape index (κ1) is 51.1. The summed E-state index contributed by atoms with van der Waals surface area (Å²) < 4.78 is 6.60. The molecule has 2 nitrogen and oxygen atoms in total. The molecule has 0 fully saturated rings. The standard InChI is InChI=1S/C39H28.C20H14BO2.C19H15Br/c1-39(2)35-23-21-27(24-34(35)33-22-20-25-12-6-7-15-28(25)38(33)39)37-31-18-10-8-16-29(31)36(26-13-4-3-5-14-26)30-17-9-11-19-32(30)37;22-21-23-20-17-12-6-4-10-15(17)19(14-8-2-1-3-9-14)16-11-5-7-13-18(16)20;1-19(2)17-10-8-13(20)11-16(17)15-9-7-12-5-3-4-6-14(12)18(15)19/h3-24H,1-2H3;1-13,22H;3-11H,1-2H3. The molecule has 0 amide bonds. The lowest BCUT2D eigenvalue weighted by atomic mass is 9.80. The van der Waals surface area contributed by atoms with E-state index in [2.05, 4.69) is 256 Å². The summed E-state index contributed by atoms with van der Waals surface area (Å²) in [6, 6.07) is 95.7. The molecule has 82 heavy (non-hydrogen) atoms. The molecule has 4 heteroatoms. The first-order chi connectivity index (χ1) is 40.1. The smallest absolute Gasteiger partial charge is 0.537 e. The van der Waals surface area contributed by atoms with Crippen LogP contribution in [0.3, 0.4) is 0 Å². The fourth-order valence-electron chi connectivity index (χ4n) is 13.9. The van der Waals surface area contributed by atoms with Crippen molar-refractivity contribution in [1.29, 1.82) is 0 Å². The van der Waals surface area contributed by atoms with Gasteiger partial charge in [-0.05, 0) is 150 Å². The van der Waals surface area contributed by atoms with E-state index in [1.807, 2.05) is 54.6 Å². The minimum atomic E-state index is -0.0502. The summed E-state index contributed by atoms with van der Waals surface area (Å²) in [6.45, 7) is 9.42. The molecule has 0 aliphatic heterocycles. The van der Waals surface area contributed by atoms with Crippen molar-refractivity contribution in [2.45, 2.75) is 38.5 Å². The van der Waals surface area contributed by atoms with Crippen molar-refractivity contribution in [3.8, 4) is 61.4 Å². The van der Waals surface area contributed by atoms with Crippen molar-refractivity contribution < 1.29 is 9.68 Å². The van der Waals surface area contributed by atoms with Crippen LogP contribution in [-0.4, -0.2) is 12.7 Å². The van der Waals surface area contributed by atoms with Crippen LogP contribution in [0, 0.1) is 0 Å². The Morgan fingerprint density at radius 2 is 0.659 bits per heavy atom. The van der Waals surface area contributed by atoms with Crippen molar-refractivity contribution in [2.75, 3.05) is 0 Å². The van der Waals surface area contributed by atoms with E-state index in [1.165, 1.54) is 121 Å². The van der Waals surface area contributed by atoms with E-state index < -0.39 is 0 Å². The molecule has 0 atom stereocenters. The second-order valence-electron chi connectivity index (χ2n) is 22.7. The maximum Gasteiger partial charge on any atom is 0.569 e. The first-order valence-corrected chi connectivity index (χ1v) is 29.0. The Bertz CT molecular complexity index is 4720. The van der Waals surface area contributed by atoms with Crippen LogP contribution in [0.4, 0.5) is 0 Å². The zero-order chi connectivity index (χ0) is 55.7. The Morgan fingerprint density at radius 3 is 1.09 bits per heavy atom. The fourth-order valence-corrected chi connectivity index (χ4v) is 14.3. The maximum absolute atomic E-state index is 9.18. The molecule has 0 saturated heterocycles. The Morgan fingerprint density at radius 1 is 0.317 bits per heavy atom. The fraction of sp³-hybridized carbons (Fsp3) is 0.0769. The molecule has 2 aliphatic rings. The summed E-state index contributed by atoms with van der Waals surface area (Å²) in [6.07, 6.45) is 0. The molecule has 2 aliphatic carbocycles. The Kier molecular flexibility index (Phi) is 12.8. The zero-order valence-corrected chi connectivity index (χ0v) is 47.8. The minimum absolute atomic E-state index is 0.0502. The summed E-state index contributed by atoms with van der Waals surface area (Å²) in [4.78, 5) is 0. The number of rotatable bonds is 5. The quantitative estimate of drug-likeness (QED) is 0.137. The van der Waals surface area contributed by atoms with Gasteiger partial charge in [-0.25, -0.2) is 0 Å². The van der Waals surface area contributed by atoms with Crippen LogP contribution in [0.1, 0.15) is 49.9 Å². The Balaban J connectivity index is 0.000000119. The van der Waals surface area contributed by atoms with Gasteiger partial charge < -0.3 is 9.68 Å². The van der Waals surface area contributed by atoms with Crippen molar-refractivity contribution in [3.63, 3.8) is 0 Å². The predicted molar refractivity (Wildman–Crippen MR) is 352 cm³/mol. The molecule has 0 saturated carbocycles. The monoisotopic (exact) mass is 1120 g/mol. The minimum Gasteiger partial charge on any atom is -0.537 e. The molecule has 0 aromatic heterocycles. The van der Waals surface area contributed by atoms with Gasteiger partial charge in [-0.15, -0.1) is 0 Å². The molecule has 0 heterocycles. The predicted octanol–water partition coefficient (Wildman–Crippen LogP) is 21.3. The van der Waals surface area contributed by atoms with Gasteiger partial charge in [-0.3, -0.25) is 0 Å². The molecule has 14 aromatic rings. The van der Waals surface area contributed by atoms with E-state index in [4.69, 9.17) is 4.65 Å². The second-order valence-corrected chi connectivity index (χ2v) is 23.6. The van der Waals surface area contributed by atoms with E-state index in [9.17, 15) is 5.02 Å². The molecule has 1 radical (unpaired) electrons. The SMILES string of the molecule is CC1(C)c2ccc(-c3c4ccccc4c(-c4ccccc4)c4ccccc34)cc2-c2ccc3ccccc3c21.CC1(C)c2ccc(Br)cc2-c2ccc3ccccc3c21.O[B]Oc1c2ccccc2c(-c2ccccc2)c2ccccc12. The third-order valence-electron chi connectivity index (χ3n) is 17.4. The van der Waals surface area contributed by atoms with Gasteiger partial charge in [0.15, 0.2) is 0 Å². The summed E-state index contributed by atoms with van der Waals surface area (Å²) in [5, 5.41) is 23.9. The highest BCUT2D eigenvalue weighted by Crippen LogP contribution is 2.55. The Hall–Kier alpha value is -9.06. The normalized spacial score (nSPS) is 13.2. The van der Waals surface area contributed by atoms with Crippen LogP contribution in [0.25, 0.3) is 120 Å². The number of halogens is 1. The topological polar surface area (TPSA) is 29.5 Å². The van der Waals surface area contributed by atoms with Crippen LogP contribution >= 0.6 is 15.9 Å². The summed E-state index contributed by atoms with van der Waals surface area (Å²) in [5.41, 5.74) is 18.7. The van der Waals surface area contributed by atoms with E-state index in [0.717, 1.165) is 33.7 Å². The lowest BCUT2D eigenvalue weighted by Crippen LogP contribution is -2.15. The Labute approximate surface area is 488 Å². The molecule has 0 bridgehead atoms. The molecule has 14 aromatic carbocycles. The molecule has 16 rings (SSSR count). The average molecular weight is 1120 g/mol. The zero-order valence-electron chi connectivity index (χ0n) is 46.2. The van der Waals surface area contributed by atoms with Crippen LogP contribution in [0.2, 0.25) is 0 Å². The lowest BCUT2D eigenvalue weighted by molar-refractivity contribution is 0.459. The second kappa shape index (κ2) is 20.5. The third-order valence-corrected chi connectivity index (χ3v) is 17.9. The highest BCUT2D eigenvalue weighted by atomic mass is 79.9. The summed E-state index contributed by atoms with van der Waals surface area (Å²) in [7, 11) is 0.746.